The van der Waals surface area contributed by atoms with Crippen LogP contribution in [0.25, 0.3) is 10.9 Å². The van der Waals surface area contributed by atoms with Crippen molar-refractivity contribution in [2.24, 2.45) is 0 Å². The van der Waals surface area contributed by atoms with Gasteiger partial charge in [0.05, 0.1) is 0 Å². The van der Waals surface area contributed by atoms with Gasteiger partial charge in [0.1, 0.15) is 5.69 Å². The van der Waals surface area contributed by atoms with Gasteiger partial charge in [-0.3, -0.25) is 4.79 Å². The number of benzene rings is 1. The van der Waals surface area contributed by atoms with Crippen LogP contribution in [0.3, 0.4) is 0 Å². The first-order valence-corrected chi connectivity index (χ1v) is 5.57. The summed E-state index contributed by atoms with van der Waals surface area (Å²) in [6.45, 7) is 2.37. The number of nitrogens with one attached hydrogen (secondary N) is 2. The molecule has 1 aromatic heterocycles. The molecule has 1 amide bonds. The van der Waals surface area contributed by atoms with Crippen LogP contribution in [-0.2, 0) is 0 Å². The second-order valence-corrected chi connectivity index (χ2v) is 3.70. The van der Waals surface area contributed by atoms with E-state index in [4.69, 9.17) is 0 Å². The summed E-state index contributed by atoms with van der Waals surface area (Å²) in [7, 11) is 0. The molecule has 1 aromatic carbocycles. The second kappa shape index (κ2) is 5.22. The highest BCUT2D eigenvalue weighted by molar-refractivity contribution is 5.97. The fourth-order valence-electron chi connectivity index (χ4n) is 1.65. The maximum atomic E-state index is 11.8. The van der Waals surface area contributed by atoms with Crippen molar-refractivity contribution in [2.75, 3.05) is 6.54 Å². The molecule has 0 bridgehead atoms. The zero-order valence-electron chi connectivity index (χ0n) is 9.71. The lowest BCUT2D eigenvalue weighted by Crippen LogP contribution is -2.24. The van der Waals surface area contributed by atoms with Gasteiger partial charge in [0, 0.05) is 23.9 Å². The summed E-state index contributed by atoms with van der Waals surface area (Å²) < 4.78 is 0. The maximum absolute atomic E-state index is 11.8. The van der Waals surface area contributed by atoms with Crippen LogP contribution >= 0.6 is 0 Å². The highest BCUT2D eigenvalue weighted by Crippen LogP contribution is 2.14. The van der Waals surface area contributed by atoms with Gasteiger partial charge in [-0.25, -0.2) is 0 Å². The van der Waals surface area contributed by atoms with Crippen molar-refractivity contribution in [1.82, 2.24) is 10.3 Å². The fourth-order valence-corrected chi connectivity index (χ4v) is 1.65. The quantitative estimate of drug-likeness (QED) is 0.612. The Balaban J connectivity index is 2.05. The number of amides is 1. The third-order valence-corrected chi connectivity index (χ3v) is 2.49. The Labute approximate surface area is 100 Å². The molecule has 0 unspecified atom stereocenters. The molecule has 2 N–H and O–H groups in total. The van der Waals surface area contributed by atoms with Gasteiger partial charge in [0.25, 0.3) is 5.91 Å². The average molecular weight is 226 g/mol. The maximum Gasteiger partial charge on any atom is 0.267 e. The van der Waals surface area contributed by atoms with Crippen LogP contribution in [0.5, 0.6) is 0 Å². The van der Waals surface area contributed by atoms with Crippen LogP contribution < -0.4 is 5.32 Å². The summed E-state index contributed by atoms with van der Waals surface area (Å²) in [5, 5.41) is 3.87. The van der Waals surface area contributed by atoms with Gasteiger partial charge in [-0.05, 0) is 19.1 Å². The molecule has 0 aliphatic heterocycles. The Morgan fingerprint density at radius 1 is 1.41 bits per heavy atom. The van der Waals surface area contributed by atoms with Gasteiger partial charge >= 0.3 is 0 Å². The van der Waals surface area contributed by atoms with Crippen molar-refractivity contribution in [3.8, 4) is 11.8 Å². The molecule has 0 aliphatic rings. The predicted molar refractivity (Wildman–Crippen MR) is 68.7 cm³/mol. The van der Waals surface area contributed by atoms with Gasteiger partial charge in [-0.1, -0.05) is 18.2 Å². The lowest BCUT2D eigenvalue weighted by Gasteiger charge is -1.99. The van der Waals surface area contributed by atoms with Crippen LogP contribution in [0.1, 0.15) is 23.8 Å². The lowest BCUT2D eigenvalue weighted by atomic mass is 10.2. The number of hydrogen-bond donors (Lipinski definition) is 2. The van der Waals surface area contributed by atoms with Crippen molar-refractivity contribution in [3.63, 3.8) is 0 Å². The fraction of sp³-hybridized carbons (Fsp3) is 0.214. The summed E-state index contributed by atoms with van der Waals surface area (Å²) >= 11 is 0. The molecule has 0 spiro atoms. The first kappa shape index (κ1) is 11.3. The van der Waals surface area contributed by atoms with E-state index >= 15 is 0 Å². The van der Waals surface area contributed by atoms with Gasteiger partial charge in [-0.2, -0.15) is 0 Å². The third-order valence-electron chi connectivity index (χ3n) is 2.49. The SMILES string of the molecule is CC#CCCNC(=O)c1cc2ccccc2[nH]1. The van der Waals surface area contributed by atoms with E-state index in [1.807, 2.05) is 30.3 Å². The molecule has 0 saturated heterocycles. The minimum absolute atomic E-state index is 0.0842. The van der Waals surface area contributed by atoms with Crippen LogP contribution in [0.4, 0.5) is 0 Å². The van der Waals surface area contributed by atoms with Gasteiger partial charge < -0.3 is 10.3 Å². The Morgan fingerprint density at radius 3 is 3.00 bits per heavy atom. The molecule has 3 nitrogen and oxygen atoms in total. The zero-order valence-corrected chi connectivity index (χ0v) is 9.71. The summed E-state index contributed by atoms with van der Waals surface area (Å²) in [6.07, 6.45) is 0.683. The van der Waals surface area contributed by atoms with Crippen LogP contribution in [0, 0.1) is 11.8 Å². The molecule has 1 heterocycles. The summed E-state index contributed by atoms with van der Waals surface area (Å²) in [4.78, 5) is 14.9. The Morgan fingerprint density at radius 2 is 2.24 bits per heavy atom. The van der Waals surface area contributed by atoms with Crippen LogP contribution in [0.2, 0.25) is 0 Å². The molecule has 0 saturated carbocycles. The molecule has 2 rings (SSSR count). The lowest BCUT2D eigenvalue weighted by molar-refractivity contribution is 0.0950. The van der Waals surface area contributed by atoms with Crippen molar-refractivity contribution in [2.45, 2.75) is 13.3 Å². The predicted octanol–water partition coefficient (Wildman–Crippen LogP) is 2.31. The zero-order chi connectivity index (χ0) is 12.1. The van der Waals surface area contributed by atoms with Crippen molar-refractivity contribution in [1.29, 1.82) is 0 Å². The molecule has 17 heavy (non-hydrogen) atoms. The number of para-hydroxylation sites is 1. The summed E-state index contributed by atoms with van der Waals surface area (Å²) in [5.74, 6) is 5.62. The first-order chi connectivity index (χ1) is 8.31. The minimum Gasteiger partial charge on any atom is -0.351 e. The second-order valence-electron chi connectivity index (χ2n) is 3.70. The minimum atomic E-state index is -0.0842. The van der Waals surface area contributed by atoms with Gasteiger partial charge in [0.2, 0.25) is 0 Å². The standard InChI is InChI=1S/C14H14N2O/c1-2-3-6-9-15-14(17)13-10-11-7-4-5-8-12(11)16-13/h4-5,7-8,10,16H,6,9H2,1H3,(H,15,17). The van der Waals surface area contributed by atoms with E-state index in [9.17, 15) is 4.79 Å². The van der Waals surface area contributed by atoms with E-state index in [2.05, 4.69) is 22.1 Å². The van der Waals surface area contributed by atoms with Crippen LogP contribution in [0.15, 0.2) is 30.3 Å². The molecular weight excluding hydrogens is 212 g/mol. The molecule has 3 heteroatoms. The number of aromatic amines is 1. The number of carbonyl (C=O) groups excluding carboxylic acids is 1. The van der Waals surface area contributed by atoms with E-state index in [1.165, 1.54) is 0 Å². The molecule has 86 valence electrons. The number of fused-ring (bicyclic) bond motifs is 1. The average Bonchev–Trinajstić information content (AvgIpc) is 2.78. The Hall–Kier alpha value is -2.21. The summed E-state index contributed by atoms with van der Waals surface area (Å²) in [6, 6.07) is 9.68. The Kier molecular flexibility index (Phi) is 3.46. The highest BCUT2D eigenvalue weighted by Gasteiger charge is 2.07. The van der Waals surface area contributed by atoms with E-state index in [-0.39, 0.29) is 5.91 Å². The van der Waals surface area contributed by atoms with E-state index in [0.717, 1.165) is 10.9 Å². The normalized spacial score (nSPS) is 9.71. The van der Waals surface area contributed by atoms with Crippen molar-refractivity contribution >= 4 is 16.8 Å². The topological polar surface area (TPSA) is 44.9 Å². The molecule has 0 aliphatic carbocycles. The molecule has 0 fully saturated rings. The summed E-state index contributed by atoms with van der Waals surface area (Å²) in [5.41, 5.74) is 1.57. The number of aromatic nitrogens is 1. The molecule has 0 radical (unpaired) electrons. The van der Waals surface area contributed by atoms with Gasteiger partial charge in [-0.15, -0.1) is 11.8 Å². The van der Waals surface area contributed by atoms with E-state index in [1.54, 1.807) is 6.92 Å². The third kappa shape index (κ3) is 2.67. The number of H-pyrrole nitrogens is 1. The number of hydrogen-bond acceptors (Lipinski definition) is 1. The molecule has 0 atom stereocenters. The molecule has 2 aromatic rings. The Bertz CT molecular complexity index is 554. The van der Waals surface area contributed by atoms with Crippen molar-refractivity contribution < 1.29 is 4.79 Å². The van der Waals surface area contributed by atoms with Crippen LogP contribution in [-0.4, -0.2) is 17.4 Å². The van der Waals surface area contributed by atoms with E-state index < -0.39 is 0 Å². The smallest absolute Gasteiger partial charge is 0.267 e. The molecular formula is C14H14N2O. The number of carbonyl (C=O) groups is 1. The van der Waals surface area contributed by atoms with Gasteiger partial charge in [0.15, 0.2) is 0 Å². The largest absolute Gasteiger partial charge is 0.351 e. The first-order valence-electron chi connectivity index (χ1n) is 5.57. The number of rotatable bonds is 3. The van der Waals surface area contributed by atoms with Crippen molar-refractivity contribution in [3.05, 3.63) is 36.0 Å². The monoisotopic (exact) mass is 226 g/mol. The van der Waals surface area contributed by atoms with E-state index in [0.29, 0.717) is 18.7 Å². The highest BCUT2D eigenvalue weighted by atomic mass is 16.1.